The maximum absolute atomic E-state index is 12.0. The highest BCUT2D eigenvalue weighted by atomic mass is 16.5. The summed E-state index contributed by atoms with van der Waals surface area (Å²) in [7, 11) is 0. The maximum atomic E-state index is 12.0. The minimum Gasteiger partial charge on any atom is -0.484 e. The Kier molecular flexibility index (Phi) is 5.81. The number of benzene rings is 1. The molecular formula is C17H23NO4. The summed E-state index contributed by atoms with van der Waals surface area (Å²) in [6.07, 6.45) is 4.22. The van der Waals surface area contributed by atoms with E-state index >= 15 is 0 Å². The lowest BCUT2D eigenvalue weighted by molar-refractivity contribution is -0.143. The molecule has 1 aliphatic carbocycles. The van der Waals surface area contributed by atoms with Crippen molar-refractivity contribution in [2.45, 2.75) is 45.1 Å². The van der Waals surface area contributed by atoms with Crippen LogP contribution >= 0.6 is 0 Å². The van der Waals surface area contributed by atoms with Gasteiger partial charge < -0.3 is 15.2 Å². The van der Waals surface area contributed by atoms with Crippen LogP contribution in [-0.4, -0.2) is 29.6 Å². The average molecular weight is 305 g/mol. The third kappa shape index (κ3) is 4.76. The number of hydrogen-bond acceptors (Lipinski definition) is 3. The van der Waals surface area contributed by atoms with Crippen molar-refractivity contribution >= 4 is 11.9 Å². The molecule has 22 heavy (non-hydrogen) atoms. The Hall–Kier alpha value is -2.04. The number of carboxylic acids is 1. The minimum atomic E-state index is -0.827. The molecule has 1 amide bonds. The van der Waals surface area contributed by atoms with Gasteiger partial charge in [0, 0.05) is 6.04 Å². The topological polar surface area (TPSA) is 75.6 Å². The zero-order valence-corrected chi connectivity index (χ0v) is 12.9. The van der Waals surface area contributed by atoms with Crippen molar-refractivity contribution in [2.75, 3.05) is 6.61 Å². The van der Waals surface area contributed by atoms with Gasteiger partial charge in [0.2, 0.25) is 0 Å². The van der Waals surface area contributed by atoms with E-state index in [4.69, 9.17) is 4.74 Å². The number of rotatable bonds is 5. The Bertz CT molecular complexity index is 529. The lowest BCUT2D eigenvalue weighted by Gasteiger charge is -2.22. The standard InChI is InChI=1S/C17H23NO4/c1-12-6-5-7-13(10-12)22-11-16(19)18-15-9-4-2-3-8-14(15)17(20)21/h5-7,10,14-15H,2-4,8-9,11H2,1H3,(H,18,19)(H,20,21)/t14-,15+/m1/s1. The van der Waals surface area contributed by atoms with Crippen molar-refractivity contribution in [3.05, 3.63) is 29.8 Å². The van der Waals surface area contributed by atoms with E-state index in [2.05, 4.69) is 5.32 Å². The highest BCUT2D eigenvalue weighted by Gasteiger charge is 2.30. The molecule has 120 valence electrons. The molecule has 1 fully saturated rings. The minimum absolute atomic E-state index is 0.0910. The van der Waals surface area contributed by atoms with E-state index in [0.717, 1.165) is 24.8 Å². The maximum Gasteiger partial charge on any atom is 0.308 e. The van der Waals surface area contributed by atoms with E-state index in [1.54, 1.807) is 6.07 Å². The van der Waals surface area contributed by atoms with Crippen LogP contribution in [0.2, 0.25) is 0 Å². The smallest absolute Gasteiger partial charge is 0.308 e. The molecule has 5 heteroatoms. The molecule has 0 saturated heterocycles. The lowest BCUT2D eigenvalue weighted by Crippen LogP contribution is -2.44. The summed E-state index contributed by atoms with van der Waals surface area (Å²) in [5.41, 5.74) is 1.06. The third-order valence-corrected chi connectivity index (χ3v) is 4.04. The van der Waals surface area contributed by atoms with E-state index < -0.39 is 11.9 Å². The number of aliphatic carboxylic acids is 1. The number of ether oxygens (including phenoxy) is 1. The molecule has 0 unspecified atom stereocenters. The summed E-state index contributed by atoms with van der Waals surface area (Å²) in [5.74, 6) is -0.942. The van der Waals surface area contributed by atoms with Gasteiger partial charge in [-0.25, -0.2) is 0 Å². The van der Waals surface area contributed by atoms with Crippen LogP contribution in [0.4, 0.5) is 0 Å². The number of aryl methyl sites for hydroxylation is 1. The Labute approximate surface area is 130 Å². The summed E-state index contributed by atoms with van der Waals surface area (Å²) in [6, 6.07) is 7.18. The summed E-state index contributed by atoms with van der Waals surface area (Å²) in [6.45, 7) is 1.86. The molecule has 0 aromatic heterocycles. The number of carbonyl (C=O) groups excluding carboxylic acids is 1. The molecular weight excluding hydrogens is 282 g/mol. The SMILES string of the molecule is Cc1cccc(OCC(=O)N[C@H]2CCCCC[C@H]2C(=O)O)c1. The van der Waals surface area contributed by atoms with Crippen LogP contribution in [0.1, 0.15) is 37.7 Å². The summed E-state index contributed by atoms with van der Waals surface area (Å²) in [5, 5.41) is 12.1. The van der Waals surface area contributed by atoms with Crippen LogP contribution in [0.3, 0.4) is 0 Å². The van der Waals surface area contributed by atoms with Crippen LogP contribution in [0, 0.1) is 12.8 Å². The molecule has 0 bridgehead atoms. The third-order valence-electron chi connectivity index (χ3n) is 4.04. The molecule has 1 aliphatic rings. The summed E-state index contributed by atoms with van der Waals surface area (Å²) < 4.78 is 5.46. The van der Waals surface area contributed by atoms with Gasteiger partial charge >= 0.3 is 5.97 Å². The van der Waals surface area contributed by atoms with Crippen LogP contribution < -0.4 is 10.1 Å². The number of carboxylic acid groups (broad SMARTS) is 1. The predicted octanol–water partition coefficient (Wildman–Crippen LogP) is 2.52. The van der Waals surface area contributed by atoms with Crippen molar-refractivity contribution in [1.29, 1.82) is 0 Å². The second-order valence-corrected chi connectivity index (χ2v) is 5.86. The summed E-state index contributed by atoms with van der Waals surface area (Å²) in [4.78, 5) is 23.4. The summed E-state index contributed by atoms with van der Waals surface area (Å²) >= 11 is 0. The van der Waals surface area contributed by atoms with Crippen molar-refractivity contribution < 1.29 is 19.4 Å². The Morgan fingerprint density at radius 1 is 1.27 bits per heavy atom. The largest absolute Gasteiger partial charge is 0.484 e. The molecule has 1 aromatic carbocycles. The van der Waals surface area contributed by atoms with Crippen LogP contribution in [0.5, 0.6) is 5.75 Å². The molecule has 0 radical (unpaired) electrons. The molecule has 2 N–H and O–H groups in total. The second kappa shape index (κ2) is 7.82. The molecule has 0 spiro atoms. The van der Waals surface area contributed by atoms with Gasteiger partial charge in [-0.3, -0.25) is 9.59 Å². The Morgan fingerprint density at radius 2 is 2.05 bits per heavy atom. The van der Waals surface area contributed by atoms with Gasteiger partial charge in [0.15, 0.2) is 6.61 Å². The van der Waals surface area contributed by atoms with Crippen molar-refractivity contribution in [3.8, 4) is 5.75 Å². The molecule has 1 aromatic rings. The fraction of sp³-hybridized carbons (Fsp3) is 0.529. The van der Waals surface area contributed by atoms with E-state index in [1.807, 2.05) is 25.1 Å². The van der Waals surface area contributed by atoms with Crippen molar-refractivity contribution in [2.24, 2.45) is 5.92 Å². The van der Waals surface area contributed by atoms with E-state index in [1.165, 1.54) is 0 Å². The normalized spacial score (nSPS) is 21.7. The van der Waals surface area contributed by atoms with Crippen LogP contribution in [0.25, 0.3) is 0 Å². The van der Waals surface area contributed by atoms with E-state index in [-0.39, 0.29) is 18.6 Å². The second-order valence-electron chi connectivity index (χ2n) is 5.86. The molecule has 5 nitrogen and oxygen atoms in total. The first kappa shape index (κ1) is 16.3. The Morgan fingerprint density at radius 3 is 2.77 bits per heavy atom. The van der Waals surface area contributed by atoms with Gasteiger partial charge in [-0.15, -0.1) is 0 Å². The van der Waals surface area contributed by atoms with E-state index in [9.17, 15) is 14.7 Å². The van der Waals surface area contributed by atoms with Crippen LogP contribution in [0.15, 0.2) is 24.3 Å². The van der Waals surface area contributed by atoms with Gasteiger partial charge in [-0.05, 0) is 37.5 Å². The zero-order chi connectivity index (χ0) is 15.9. The van der Waals surface area contributed by atoms with Gasteiger partial charge in [-0.2, -0.15) is 0 Å². The molecule has 2 atom stereocenters. The quantitative estimate of drug-likeness (QED) is 0.820. The van der Waals surface area contributed by atoms with Gasteiger partial charge in [0.1, 0.15) is 5.75 Å². The molecule has 0 heterocycles. The highest BCUT2D eigenvalue weighted by Crippen LogP contribution is 2.23. The lowest BCUT2D eigenvalue weighted by atomic mass is 9.95. The number of carbonyl (C=O) groups is 2. The highest BCUT2D eigenvalue weighted by molar-refractivity contribution is 5.79. The first-order chi connectivity index (χ1) is 10.6. The molecule has 2 rings (SSSR count). The Balaban J connectivity index is 1.88. The fourth-order valence-electron chi connectivity index (χ4n) is 2.88. The van der Waals surface area contributed by atoms with Gasteiger partial charge in [-0.1, -0.05) is 31.4 Å². The van der Waals surface area contributed by atoms with Gasteiger partial charge in [0.25, 0.3) is 5.91 Å². The monoisotopic (exact) mass is 305 g/mol. The predicted molar refractivity (Wildman–Crippen MR) is 82.8 cm³/mol. The molecule has 0 aliphatic heterocycles. The number of amides is 1. The van der Waals surface area contributed by atoms with Gasteiger partial charge in [0.05, 0.1) is 5.92 Å². The van der Waals surface area contributed by atoms with Crippen molar-refractivity contribution in [1.82, 2.24) is 5.32 Å². The molecule has 1 saturated carbocycles. The number of nitrogens with one attached hydrogen (secondary N) is 1. The number of hydrogen-bond donors (Lipinski definition) is 2. The average Bonchev–Trinajstić information content (AvgIpc) is 2.71. The fourth-order valence-corrected chi connectivity index (χ4v) is 2.88. The first-order valence-electron chi connectivity index (χ1n) is 7.78. The van der Waals surface area contributed by atoms with E-state index in [0.29, 0.717) is 18.6 Å². The van der Waals surface area contributed by atoms with Crippen LogP contribution in [-0.2, 0) is 9.59 Å². The first-order valence-corrected chi connectivity index (χ1v) is 7.78. The van der Waals surface area contributed by atoms with Crippen molar-refractivity contribution in [3.63, 3.8) is 0 Å². The zero-order valence-electron chi connectivity index (χ0n) is 12.9.